The molecule has 0 aromatic rings. The predicted octanol–water partition coefficient (Wildman–Crippen LogP) is -8.44. The lowest BCUT2D eigenvalue weighted by molar-refractivity contribution is -0.138. The van der Waals surface area contributed by atoms with Crippen molar-refractivity contribution in [3.8, 4) is 0 Å². The average Bonchev–Trinajstić information content (AvgIpc) is 2.87. The molecule has 19 nitrogen and oxygen atoms in total. The van der Waals surface area contributed by atoms with Gasteiger partial charge in [-0.1, -0.05) is 0 Å². The Morgan fingerprint density at radius 3 is 1.41 bits per heavy atom. The Balaban J connectivity index is 4.51. The van der Waals surface area contributed by atoms with Crippen LogP contribution in [0.2, 0.25) is 0 Å². The molecule has 0 aliphatic carbocycles. The summed E-state index contributed by atoms with van der Waals surface area (Å²) in [6.45, 7) is -5.10. The van der Waals surface area contributed by atoms with E-state index in [4.69, 9.17) is 10.8 Å². The Morgan fingerprint density at radius 1 is 0.541 bits per heavy atom. The minimum Gasteiger partial charge on any atom is -0.480 e. The molecule has 0 fully saturated rings. The van der Waals surface area contributed by atoms with E-state index < -0.39 is 105 Å². The summed E-state index contributed by atoms with van der Waals surface area (Å²) in [5.41, 5.74) is 5.05. The Morgan fingerprint density at radius 2 is 0.946 bits per heavy atom. The van der Waals surface area contributed by atoms with Crippen molar-refractivity contribution in [1.29, 1.82) is 0 Å². The number of amides is 7. The van der Waals surface area contributed by atoms with Gasteiger partial charge < -0.3 is 58.3 Å². The molecule has 12 N–H and O–H groups in total. The van der Waals surface area contributed by atoms with Crippen LogP contribution in [0.25, 0.3) is 0 Å². The zero-order chi connectivity index (χ0) is 28.4. The fourth-order valence-electron chi connectivity index (χ4n) is 2.17. The number of carboxylic acid groups (broad SMARTS) is 1. The van der Waals surface area contributed by atoms with Gasteiger partial charge in [0.25, 0.3) is 0 Å². The van der Waals surface area contributed by atoms with Crippen LogP contribution in [0.1, 0.15) is 0 Å². The highest BCUT2D eigenvalue weighted by molar-refractivity contribution is 5.95. The zero-order valence-electron chi connectivity index (χ0n) is 19.5. The fraction of sp³-hybridized carbons (Fsp3) is 0.556. The number of hydrogen-bond donors (Lipinski definition) is 11. The lowest BCUT2D eigenvalue weighted by Crippen LogP contribution is -2.57. The molecule has 0 spiro atoms. The molecule has 0 aromatic carbocycles. The van der Waals surface area contributed by atoms with Gasteiger partial charge in [-0.05, 0) is 0 Å². The number of aliphatic carboxylic acids is 1. The first-order chi connectivity index (χ1) is 17.4. The molecule has 0 radical (unpaired) electrons. The second-order valence-electron chi connectivity index (χ2n) is 6.97. The highest BCUT2D eigenvalue weighted by Gasteiger charge is 2.26. The normalized spacial score (nSPS) is 11.6. The van der Waals surface area contributed by atoms with Crippen LogP contribution >= 0.6 is 0 Å². The number of rotatable bonds is 17. The number of carbonyl (C=O) groups excluding carboxylic acids is 7. The van der Waals surface area contributed by atoms with E-state index in [2.05, 4.69) is 26.6 Å². The van der Waals surface area contributed by atoms with E-state index in [1.807, 2.05) is 10.6 Å². The molecule has 208 valence electrons. The van der Waals surface area contributed by atoms with Crippen molar-refractivity contribution in [3.05, 3.63) is 0 Å². The molecule has 0 rings (SSSR count). The highest BCUT2D eigenvalue weighted by Crippen LogP contribution is 1.89. The van der Waals surface area contributed by atoms with Crippen molar-refractivity contribution in [3.63, 3.8) is 0 Å². The summed E-state index contributed by atoms with van der Waals surface area (Å²) < 4.78 is 0. The first-order valence-corrected chi connectivity index (χ1v) is 10.5. The standard InChI is InChI=1S/C18H30N8O11/c19-1-11(29)20-2-12(30)21-3-13(31)22-5-15(33)25-10(8-28)18(37)26-9(7-27)17(36)24-4-14(32)23-6-16(34)35/h9-10,27-28H,1-8,19H2,(H,20,29)(H,21,30)(H,22,31)(H,23,32)(H,24,36)(H,25,33)(H,26,37)(H,34,35)/t9-,10-/m0/s1. The van der Waals surface area contributed by atoms with E-state index in [0.717, 1.165) is 0 Å². The monoisotopic (exact) mass is 534 g/mol. The number of nitrogens with two attached hydrogens (primary N) is 1. The number of hydrogen-bond acceptors (Lipinski definition) is 11. The van der Waals surface area contributed by atoms with Gasteiger partial charge in [0, 0.05) is 0 Å². The number of carbonyl (C=O) groups is 8. The average molecular weight is 534 g/mol. The molecule has 0 unspecified atom stereocenters. The highest BCUT2D eigenvalue weighted by atomic mass is 16.4. The van der Waals surface area contributed by atoms with Gasteiger partial charge in [0.1, 0.15) is 18.6 Å². The minimum absolute atomic E-state index is 0.321. The van der Waals surface area contributed by atoms with Crippen LogP contribution in [-0.2, 0) is 38.4 Å². The maximum Gasteiger partial charge on any atom is 0.322 e. The van der Waals surface area contributed by atoms with E-state index >= 15 is 0 Å². The Kier molecular flexibility index (Phi) is 15.9. The number of nitrogens with one attached hydrogen (secondary N) is 7. The van der Waals surface area contributed by atoms with Gasteiger partial charge in [-0.2, -0.15) is 0 Å². The van der Waals surface area contributed by atoms with Crippen LogP contribution in [0.4, 0.5) is 0 Å². The van der Waals surface area contributed by atoms with E-state index in [-0.39, 0.29) is 6.54 Å². The maximum atomic E-state index is 12.3. The van der Waals surface area contributed by atoms with E-state index in [1.54, 1.807) is 0 Å². The third kappa shape index (κ3) is 15.3. The summed E-state index contributed by atoms with van der Waals surface area (Å²) in [4.78, 5) is 92.2. The minimum atomic E-state index is -1.59. The van der Waals surface area contributed by atoms with Gasteiger partial charge in [-0.25, -0.2) is 0 Å². The third-order valence-corrected chi connectivity index (χ3v) is 4.03. The van der Waals surface area contributed by atoms with Crippen LogP contribution in [0.5, 0.6) is 0 Å². The summed E-state index contributed by atoms with van der Waals surface area (Å²) >= 11 is 0. The van der Waals surface area contributed by atoms with Crippen molar-refractivity contribution in [2.24, 2.45) is 5.73 Å². The lowest BCUT2D eigenvalue weighted by atomic mass is 10.2. The quantitative estimate of drug-likeness (QED) is 0.0829. The van der Waals surface area contributed by atoms with Crippen LogP contribution in [-0.4, -0.2) is 127 Å². The summed E-state index contributed by atoms with van der Waals surface area (Å²) in [5.74, 6) is -7.24. The lowest BCUT2D eigenvalue weighted by Gasteiger charge is -2.20. The predicted molar refractivity (Wildman–Crippen MR) is 120 cm³/mol. The Labute approximate surface area is 209 Å². The molecular formula is C18H30N8O11. The number of carboxylic acids is 1. The number of aliphatic hydroxyl groups is 2. The summed E-state index contributed by atoms with van der Waals surface area (Å²) in [7, 11) is 0. The van der Waals surface area contributed by atoms with Crippen molar-refractivity contribution >= 4 is 47.3 Å². The van der Waals surface area contributed by atoms with Crippen molar-refractivity contribution in [2.45, 2.75) is 12.1 Å². The van der Waals surface area contributed by atoms with Crippen LogP contribution in [0.15, 0.2) is 0 Å². The van der Waals surface area contributed by atoms with Crippen molar-refractivity contribution in [2.75, 3.05) is 52.5 Å². The van der Waals surface area contributed by atoms with Crippen LogP contribution in [0, 0.1) is 0 Å². The topological polar surface area (TPSA) is 307 Å². The van der Waals surface area contributed by atoms with Gasteiger partial charge in [0.15, 0.2) is 0 Å². The second kappa shape index (κ2) is 18.0. The van der Waals surface area contributed by atoms with Gasteiger partial charge in [0.05, 0.1) is 45.9 Å². The summed E-state index contributed by atoms with van der Waals surface area (Å²) in [6.07, 6.45) is 0. The largest absolute Gasteiger partial charge is 0.480 e. The van der Waals surface area contributed by atoms with E-state index in [0.29, 0.717) is 0 Å². The molecule has 0 heterocycles. The van der Waals surface area contributed by atoms with Gasteiger partial charge in [-0.15, -0.1) is 0 Å². The van der Waals surface area contributed by atoms with Crippen molar-refractivity contribution in [1.82, 2.24) is 37.2 Å². The smallest absolute Gasteiger partial charge is 0.322 e. The van der Waals surface area contributed by atoms with Crippen LogP contribution < -0.4 is 43.0 Å². The molecule has 0 aromatic heterocycles. The first-order valence-electron chi connectivity index (χ1n) is 10.5. The molecule has 0 bridgehead atoms. The molecule has 2 atom stereocenters. The van der Waals surface area contributed by atoms with E-state index in [9.17, 15) is 48.6 Å². The maximum absolute atomic E-state index is 12.3. The van der Waals surface area contributed by atoms with Gasteiger partial charge in [-0.3, -0.25) is 38.4 Å². The van der Waals surface area contributed by atoms with Gasteiger partial charge >= 0.3 is 5.97 Å². The molecule has 0 saturated carbocycles. The Bertz CT molecular complexity index is 867. The SMILES string of the molecule is NCC(=O)NCC(=O)NCC(=O)NCC(=O)N[C@@H](CO)C(=O)N[C@@H](CO)C(=O)NCC(=O)NCC(=O)O. The molecule has 0 aliphatic heterocycles. The summed E-state index contributed by atoms with van der Waals surface area (Å²) in [5, 5.41) is 41.8. The van der Waals surface area contributed by atoms with E-state index in [1.165, 1.54) is 0 Å². The molecular weight excluding hydrogens is 504 g/mol. The first kappa shape index (κ1) is 32.6. The third-order valence-electron chi connectivity index (χ3n) is 4.03. The molecule has 37 heavy (non-hydrogen) atoms. The number of aliphatic hydroxyl groups excluding tert-OH is 2. The van der Waals surface area contributed by atoms with Crippen molar-refractivity contribution < 1.29 is 53.7 Å². The molecule has 7 amide bonds. The van der Waals surface area contributed by atoms with Crippen LogP contribution in [0.3, 0.4) is 0 Å². The Hall–Kier alpha value is -4.36. The van der Waals surface area contributed by atoms with Gasteiger partial charge in [0.2, 0.25) is 41.4 Å². The molecule has 19 heteroatoms. The molecule has 0 saturated heterocycles. The summed E-state index contributed by atoms with van der Waals surface area (Å²) in [6, 6.07) is -3.17. The molecule has 0 aliphatic rings. The fourth-order valence-corrected chi connectivity index (χ4v) is 2.17. The second-order valence-corrected chi connectivity index (χ2v) is 6.97. The zero-order valence-corrected chi connectivity index (χ0v) is 19.5.